The number of nitrogens with zero attached hydrogens (tertiary/aromatic N) is 3. The summed E-state index contributed by atoms with van der Waals surface area (Å²) in [6.45, 7) is 1.66. The van der Waals surface area contributed by atoms with E-state index in [4.69, 9.17) is 5.11 Å². The van der Waals surface area contributed by atoms with E-state index in [1.165, 1.54) is 11.1 Å². The number of aliphatic carboxylic acids is 1. The molecule has 0 aliphatic carbocycles. The minimum absolute atomic E-state index is 0.0772. The summed E-state index contributed by atoms with van der Waals surface area (Å²) in [5, 5.41) is 8.87. The lowest BCUT2D eigenvalue weighted by Crippen LogP contribution is -2.27. The van der Waals surface area contributed by atoms with Crippen LogP contribution in [-0.4, -0.2) is 33.7 Å². The minimum atomic E-state index is -0.782. The van der Waals surface area contributed by atoms with Crippen LogP contribution >= 0.6 is 0 Å². The first-order valence-corrected chi connectivity index (χ1v) is 6.26. The highest BCUT2D eigenvalue weighted by Crippen LogP contribution is 2.28. The van der Waals surface area contributed by atoms with E-state index in [1.54, 1.807) is 12.5 Å². The molecule has 1 aromatic heterocycles. The van der Waals surface area contributed by atoms with Crippen molar-refractivity contribution < 1.29 is 9.90 Å². The van der Waals surface area contributed by atoms with Crippen LogP contribution < -0.4 is 4.90 Å². The molecule has 0 radical (unpaired) electrons. The Morgan fingerprint density at radius 2 is 2.32 bits per heavy atom. The van der Waals surface area contributed by atoms with Gasteiger partial charge in [0.05, 0.1) is 6.33 Å². The molecule has 5 heteroatoms. The summed E-state index contributed by atoms with van der Waals surface area (Å²) in [4.78, 5) is 16.7. The average Bonchev–Trinajstić information content (AvgIpc) is 2.99. The van der Waals surface area contributed by atoms with Gasteiger partial charge in [0.1, 0.15) is 6.54 Å². The van der Waals surface area contributed by atoms with Gasteiger partial charge in [-0.3, -0.25) is 4.79 Å². The van der Waals surface area contributed by atoms with Crippen LogP contribution in [0.4, 0.5) is 5.69 Å². The van der Waals surface area contributed by atoms with Gasteiger partial charge in [0, 0.05) is 31.2 Å². The molecule has 5 nitrogen and oxygen atoms in total. The van der Waals surface area contributed by atoms with Crippen LogP contribution in [0.1, 0.15) is 11.1 Å². The zero-order valence-electron chi connectivity index (χ0n) is 10.5. The highest BCUT2D eigenvalue weighted by atomic mass is 16.4. The predicted octanol–water partition coefficient (Wildman–Crippen LogP) is 1.38. The van der Waals surface area contributed by atoms with Crippen molar-refractivity contribution in [3.63, 3.8) is 0 Å². The molecule has 1 aliphatic heterocycles. The van der Waals surface area contributed by atoms with Crippen molar-refractivity contribution in [2.45, 2.75) is 13.0 Å². The van der Waals surface area contributed by atoms with Crippen LogP contribution in [-0.2, 0) is 17.8 Å². The lowest BCUT2D eigenvalue weighted by molar-refractivity contribution is -0.135. The number of hydrogen-bond donors (Lipinski definition) is 1. The first-order chi connectivity index (χ1) is 9.22. The van der Waals surface area contributed by atoms with Crippen molar-refractivity contribution in [3.8, 4) is 0 Å². The van der Waals surface area contributed by atoms with E-state index in [1.807, 2.05) is 21.7 Å². The summed E-state index contributed by atoms with van der Waals surface area (Å²) in [5.41, 5.74) is 3.50. The zero-order chi connectivity index (χ0) is 13.2. The van der Waals surface area contributed by atoms with Gasteiger partial charge in [-0.15, -0.1) is 0 Å². The van der Waals surface area contributed by atoms with E-state index >= 15 is 0 Å². The third kappa shape index (κ3) is 2.45. The first-order valence-electron chi connectivity index (χ1n) is 6.26. The summed E-state index contributed by atoms with van der Waals surface area (Å²) in [5.74, 6) is -0.782. The van der Waals surface area contributed by atoms with Crippen LogP contribution in [0.3, 0.4) is 0 Å². The normalized spacial score (nSPS) is 13.6. The molecule has 0 unspecified atom stereocenters. The number of aromatic nitrogens is 2. The van der Waals surface area contributed by atoms with Gasteiger partial charge in [-0.1, -0.05) is 12.1 Å². The molecule has 0 spiro atoms. The molecule has 0 bridgehead atoms. The minimum Gasteiger partial charge on any atom is -0.480 e. The molecule has 2 heterocycles. The van der Waals surface area contributed by atoms with Gasteiger partial charge >= 0.3 is 5.97 Å². The van der Waals surface area contributed by atoms with E-state index in [2.05, 4.69) is 17.1 Å². The van der Waals surface area contributed by atoms with Gasteiger partial charge in [-0.2, -0.15) is 0 Å². The monoisotopic (exact) mass is 257 g/mol. The fourth-order valence-corrected chi connectivity index (χ4v) is 2.54. The summed E-state index contributed by atoms with van der Waals surface area (Å²) in [7, 11) is 0. The molecule has 1 N–H and O–H groups in total. The summed E-state index contributed by atoms with van der Waals surface area (Å²) in [6.07, 6.45) is 6.41. The Bertz CT molecular complexity index is 593. The zero-order valence-corrected chi connectivity index (χ0v) is 10.5. The van der Waals surface area contributed by atoms with Crippen molar-refractivity contribution in [1.29, 1.82) is 0 Å². The van der Waals surface area contributed by atoms with Gasteiger partial charge < -0.3 is 14.6 Å². The Morgan fingerprint density at radius 1 is 1.42 bits per heavy atom. The summed E-state index contributed by atoms with van der Waals surface area (Å²) < 4.78 is 2.02. The smallest absolute Gasteiger partial charge is 0.323 e. The first kappa shape index (κ1) is 11.8. The Labute approximate surface area is 111 Å². The third-order valence-electron chi connectivity index (χ3n) is 3.39. The standard InChI is InChI=1S/C14H15N3O2/c18-14(19)9-17-5-3-12-7-11(1-2-13(12)17)8-16-6-4-15-10-16/h1-2,4,6-7,10H,3,5,8-9H2,(H,18,19). The molecule has 98 valence electrons. The van der Waals surface area contributed by atoms with Crippen molar-refractivity contribution in [2.24, 2.45) is 0 Å². The second-order valence-electron chi connectivity index (χ2n) is 4.76. The molecule has 3 rings (SSSR count). The van der Waals surface area contributed by atoms with Crippen molar-refractivity contribution in [2.75, 3.05) is 18.0 Å². The molecular formula is C14H15N3O2. The number of carboxylic acids is 1. The molecule has 0 saturated carbocycles. The number of carbonyl (C=O) groups is 1. The Kier molecular flexibility index (Phi) is 2.95. The van der Waals surface area contributed by atoms with Crippen LogP contribution in [0.2, 0.25) is 0 Å². The topological polar surface area (TPSA) is 58.4 Å². The maximum absolute atomic E-state index is 10.8. The molecule has 0 atom stereocenters. The molecule has 0 saturated heterocycles. The average molecular weight is 257 g/mol. The molecule has 0 fully saturated rings. The fourth-order valence-electron chi connectivity index (χ4n) is 2.54. The van der Waals surface area contributed by atoms with Crippen LogP contribution in [0.15, 0.2) is 36.9 Å². The van der Waals surface area contributed by atoms with Gasteiger partial charge in [-0.25, -0.2) is 4.98 Å². The maximum Gasteiger partial charge on any atom is 0.323 e. The lowest BCUT2D eigenvalue weighted by atomic mass is 10.1. The molecule has 2 aromatic rings. The van der Waals surface area contributed by atoms with Crippen molar-refractivity contribution in [1.82, 2.24) is 9.55 Å². The molecular weight excluding hydrogens is 242 g/mol. The molecule has 19 heavy (non-hydrogen) atoms. The maximum atomic E-state index is 10.8. The molecule has 1 aliphatic rings. The Balaban J connectivity index is 1.80. The van der Waals surface area contributed by atoms with Crippen molar-refractivity contribution in [3.05, 3.63) is 48.0 Å². The van der Waals surface area contributed by atoms with E-state index < -0.39 is 5.97 Å². The number of carboxylic acid groups (broad SMARTS) is 1. The van der Waals surface area contributed by atoms with Crippen LogP contribution in [0, 0.1) is 0 Å². The second-order valence-corrected chi connectivity index (χ2v) is 4.76. The number of benzene rings is 1. The van der Waals surface area contributed by atoms with E-state index in [-0.39, 0.29) is 6.54 Å². The van der Waals surface area contributed by atoms with E-state index in [0.717, 1.165) is 25.2 Å². The SMILES string of the molecule is O=C(O)CN1CCc2cc(Cn3ccnc3)ccc21. The summed E-state index contributed by atoms with van der Waals surface area (Å²) >= 11 is 0. The van der Waals surface area contributed by atoms with Crippen LogP contribution in [0.25, 0.3) is 0 Å². The largest absolute Gasteiger partial charge is 0.480 e. The van der Waals surface area contributed by atoms with Gasteiger partial charge in [0.15, 0.2) is 0 Å². The van der Waals surface area contributed by atoms with Gasteiger partial charge in [0.2, 0.25) is 0 Å². The number of hydrogen-bond acceptors (Lipinski definition) is 3. The quantitative estimate of drug-likeness (QED) is 0.899. The van der Waals surface area contributed by atoms with Crippen LogP contribution in [0.5, 0.6) is 0 Å². The molecule has 1 aromatic carbocycles. The van der Waals surface area contributed by atoms with E-state index in [9.17, 15) is 4.79 Å². The second kappa shape index (κ2) is 4.76. The third-order valence-corrected chi connectivity index (χ3v) is 3.39. The number of imidazole rings is 1. The van der Waals surface area contributed by atoms with Gasteiger partial charge in [0.25, 0.3) is 0 Å². The Hall–Kier alpha value is -2.30. The number of fused-ring (bicyclic) bond motifs is 1. The fraction of sp³-hybridized carbons (Fsp3) is 0.286. The number of anilines is 1. The van der Waals surface area contributed by atoms with E-state index in [0.29, 0.717) is 0 Å². The molecule has 0 amide bonds. The highest BCUT2D eigenvalue weighted by Gasteiger charge is 2.20. The number of rotatable bonds is 4. The summed E-state index contributed by atoms with van der Waals surface area (Å²) in [6, 6.07) is 6.24. The van der Waals surface area contributed by atoms with Gasteiger partial charge in [-0.05, 0) is 23.6 Å². The predicted molar refractivity (Wildman–Crippen MR) is 71.3 cm³/mol. The Morgan fingerprint density at radius 3 is 3.05 bits per heavy atom. The highest BCUT2D eigenvalue weighted by molar-refractivity contribution is 5.75. The lowest BCUT2D eigenvalue weighted by Gasteiger charge is -2.16. The van der Waals surface area contributed by atoms with Crippen molar-refractivity contribution >= 4 is 11.7 Å².